The largest absolute Gasteiger partial charge is 0.378 e. The van der Waals surface area contributed by atoms with Gasteiger partial charge in [-0.3, -0.25) is 9.59 Å². The molecule has 0 atom stereocenters. The molecule has 2 fully saturated rings. The molecule has 3 heterocycles. The van der Waals surface area contributed by atoms with Crippen molar-refractivity contribution in [2.75, 3.05) is 44.3 Å². The van der Waals surface area contributed by atoms with Crippen molar-refractivity contribution < 1.29 is 14.3 Å². The van der Waals surface area contributed by atoms with E-state index in [0.717, 1.165) is 48.6 Å². The number of ketones is 1. The summed E-state index contributed by atoms with van der Waals surface area (Å²) < 4.78 is 5.58. The minimum atomic E-state index is -0.0451. The second-order valence-electron chi connectivity index (χ2n) is 9.93. The first-order valence-electron chi connectivity index (χ1n) is 11.5. The van der Waals surface area contributed by atoms with Gasteiger partial charge in [0, 0.05) is 38.2 Å². The molecule has 7 heteroatoms. The monoisotopic (exact) mass is 453 g/mol. The lowest BCUT2D eigenvalue weighted by Gasteiger charge is -2.30. The maximum absolute atomic E-state index is 13.0. The highest BCUT2D eigenvalue weighted by atomic mass is 32.1. The molecule has 1 aromatic heterocycles. The van der Waals surface area contributed by atoms with Crippen molar-refractivity contribution in [1.29, 1.82) is 0 Å². The van der Waals surface area contributed by atoms with Gasteiger partial charge < -0.3 is 20.3 Å². The number of morpholine rings is 1. The molecule has 32 heavy (non-hydrogen) atoms. The Labute approximate surface area is 193 Å². The van der Waals surface area contributed by atoms with Crippen LogP contribution in [-0.4, -0.2) is 57.1 Å². The number of carbonyl (C=O) groups is 2. The van der Waals surface area contributed by atoms with Crippen LogP contribution >= 0.6 is 11.3 Å². The first-order chi connectivity index (χ1) is 15.4. The van der Waals surface area contributed by atoms with E-state index in [1.54, 1.807) is 11.3 Å². The summed E-state index contributed by atoms with van der Waals surface area (Å²) >= 11 is 1.65. The minimum absolute atomic E-state index is 0.0451. The van der Waals surface area contributed by atoms with E-state index in [-0.39, 0.29) is 23.1 Å². The van der Waals surface area contributed by atoms with Crippen molar-refractivity contribution in [3.05, 3.63) is 40.3 Å². The third-order valence-electron chi connectivity index (χ3n) is 6.56. The van der Waals surface area contributed by atoms with E-state index < -0.39 is 0 Å². The van der Waals surface area contributed by atoms with Crippen LogP contribution in [0.1, 0.15) is 41.1 Å². The molecule has 2 N–H and O–H groups in total. The summed E-state index contributed by atoms with van der Waals surface area (Å²) in [4.78, 5) is 28.8. The maximum Gasteiger partial charge on any atom is 0.224 e. The first kappa shape index (κ1) is 21.6. The fraction of sp³-hybridized carbons (Fsp3) is 0.520. The van der Waals surface area contributed by atoms with E-state index in [1.807, 2.05) is 12.1 Å². The standard InChI is InChI=1S/C25H31N3O3S/c1-25(2)12-19-22(24(28-6-8-31-9-7-28)32-23(19)20(29)13-25)17-5-3-4-16(10-17)11-21(30)27-18-14-26-15-18/h3-5,10,18,26H,6-9,11-15H2,1-2H3,(H,27,30). The van der Waals surface area contributed by atoms with Crippen LogP contribution < -0.4 is 15.5 Å². The molecule has 1 aliphatic carbocycles. The van der Waals surface area contributed by atoms with Crippen molar-refractivity contribution in [2.45, 2.75) is 39.2 Å². The van der Waals surface area contributed by atoms with Gasteiger partial charge in [0.05, 0.1) is 35.6 Å². The second kappa shape index (κ2) is 8.61. The van der Waals surface area contributed by atoms with Crippen molar-refractivity contribution in [3.8, 4) is 11.1 Å². The van der Waals surface area contributed by atoms with E-state index in [1.165, 1.54) is 16.1 Å². The van der Waals surface area contributed by atoms with Gasteiger partial charge in [-0.2, -0.15) is 0 Å². The van der Waals surface area contributed by atoms with Crippen LogP contribution in [0.4, 0.5) is 5.00 Å². The van der Waals surface area contributed by atoms with Gasteiger partial charge in [0.1, 0.15) is 0 Å². The first-order valence-corrected chi connectivity index (χ1v) is 12.3. The highest BCUT2D eigenvalue weighted by Gasteiger charge is 2.37. The van der Waals surface area contributed by atoms with Crippen molar-refractivity contribution in [3.63, 3.8) is 0 Å². The average Bonchev–Trinajstić information content (AvgIpc) is 3.10. The molecule has 0 unspecified atom stereocenters. The quantitative estimate of drug-likeness (QED) is 0.728. The minimum Gasteiger partial charge on any atom is -0.378 e. The topological polar surface area (TPSA) is 70.7 Å². The van der Waals surface area contributed by atoms with Crippen LogP contribution in [0.3, 0.4) is 0 Å². The van der Waals surface area contributed by atoms with E-state index in [4.69, 9.17) is 4.74 Å². The fourth-order valence-corrected chi connectivity index (χ4v) is 6.21. The van der Waals surface area contributed by atoms with Crippen LogP contribution in [0, 0.1) is 5.41 Å². The van der Waals surface area contributed by atoms with E-state index in [9.17, 15) is 9.59 Å². The summed E-state index contributed by atoms with van der Waals surface area (Å²) in [5, 5.41) is 7.44. The number of ether oxygens (including phenoxy) is 1. The lowest BCUT2D eigenvalue weighted by molar-refractivity contribution is -0.121. The van der Waals surface area contributed by atoms with E-state index in [2.05, 4.69) is 41.5 Å². The molecule has 0 radical (unpaired) electrons. The molecule has 2 saturated heterocycles. The molecule has 0 bridgehead atoms. The number of anilines is 1. The Morgan fingerprint density at radius 2 is 2.03 bits per heavy atom. The number of amides is 1. The third-order valence-corrected chi connectivity index (χ3v) is 7.90. The Bertz CT molecular complexity index is 1040. The predicted octanol–water partition coefficient (Wildman–Crippen LogP) is 3.04. The Balaban J connectivity index is 1.51. The van der Waals surface area contributed by atoms with Gasteiger partial charge in [-0.05, 0) is 28.5 Å². The predicted molar refractivity (Wildman–Crippen MR) is 128 cm³/mol. The number of benzene rings is 1. The zero-order valence-corrected chi connectivity index (χ0v) is 19.6. The number of nitrogens with one attached hydrogen (secondary N) is 2. The van der Waals surface area contributed by atoms with Crippen molar-refractivity contribution >= 4 is 28.0 Å². The van der Waals surface area contributed by atoms with Crippen LogP contribution in [0.2, 0.25) is 0 Å². The van der Waals surface area contributed by atoms with Crippen LogP contribution in [-0.2, 0) is 22.4 Å². The number of nitrogens with zero attached hydrogens (tertiary/aromatic N) is 1. The van der Waals surface area contributed by atoms with Crippen LogP contribution in [0.15, 0.2) is 24.3 Å². The summed E-state index contributed by atoms with van der Waals surface area (Å²) in [6, 6.07) is 8.55. The number of Topliss-reactive ketones (excluding diaryl/α,β-unsaturated/α-hetero) is 1. The summed E-state index contributed by atoms with van der Waals surface area (Å²) in [6.07, 6.45) is 1.86. The SMILES string of the molecule is CC1(C)CC(=O)c2sc(N3CCOCC3)c(-c3cccc(CC(=O)NC4CNC4)c3)c2C1. The molecule has 6 nitrogen and oxygen atoms in total. The van der Waals surface area contributed by atoms with Crippen LogP contribution in [0.25, 0.3) is 11.1 Å². The number of carbonyl (C=O) groups excluding carboxylic acids is 2. The van der Waals surface area contributed by atoms with Crippen molar-refractivity contribution in [1.82, 2.24) is 10.6 Å². The van der Waals surface area contributed by atoms with Crippen molar-refractivity contribution in [2.24, 2.45) is 5.41 Å². The van der Waals surface area contributed by atoms with Crippen LogP contribution in [0.5, 0.6) is 0 Å². The molecule has 170 valence electrons. The molecular weight excluding hydrogens is 422 g/mol. The molecule has 0 spiro atoms. The zero-order valence-electron chi connectivity index (χ0n) is 18.8. The Kier molecular flexibility index (Phi) is 5.82. The highest BCUT2D eigenvalue weighted by Crippen LogP contribution is 2.49. The van der Waals surface area contributed by atoms with Gasteiger partial charge in [-0.15, -0.1) is 11.3 Å². The molecular formula is C25H31N3O3S. The van der Waals surface area contributed by atoms with Gasteiger partial charge in [0.25, 0.3) is 0 Å². The van der Waals surface area contributed by atoms with Gasteiger partial charge in [-0.25, -0.2) is 0 Å². The highest BCUT2D eigenvalue weighted by molar-refractivity contribution is 7.19. The molecule has 2 aromatic rings. The van der Waals surface area contributed by atoms with E-state index in [0.29, 0.717) is 26.1 Å². The normalized spacial score (nSPS) is 20.6. The molecule has 1 amide bonds. The summed E-state index contributed by atoms with van der Waals surface area (Å²) in [7, 11) is 0. The second-order valence-corrected chi connectivity index (χ2v) is 10.9. The lowest BCUT2D eigenvalue weighted by Crippen LogP contribution is -2.57. The van der Waals surface area contributed by atoms with Gasteiger partial charge in [0.15, 0.2) is 5.78 Å². The lowest BCUT2D eigenvalue weighted by atomic mass is 9.75. The number of fused-ring (bicyclic) bond motifs is 1. The van der Waals surface area contributed by atoms with Gasteiger partial charge in [0.2, 0.25) is 5.91 Å². The molecule has 1 aromatic carbocycles. The smallest absolute Gasteiger partial charge is 0.224 e. The van der Waals surface area contributed by atoms with Gasteiger partial charge in [-0.1, -0.05) is 38.1 Å². The number of thiophene rings is 1. The van der Waals surface area contributed by atoms with E-state index >= 15 is 0 Å². The maximum atomic E-state index is 13.0. The Morgan fingerprint density at radius 1 is 1.25 bits per heavy atom. The third kappa shape index (κ3) is 4.34. The number of hydrogen-bond acceptors (Lipinski definition) is 6. The summed E-state index contributed by atoms with van der Waals surface area (Å²) in [5.74, 6) is 0.317. The molecule has 2 aliphatic heterocycles. The summed E-state index contributed by atoms with van der Waals surface area (Å²) in [5.41, 5.74) is 4.42. The summed E-state index contributed by atoms with van der Waals surface area (Å²) in [6.45, 7) is 9.14. The molecule has 5 rings (SSSR count). The number of rotatable bonds is 5. The zero-order chi connectivity index (χ0) is 22.3. The molecule has 0 saturated carbocycles. The molecule has 3 aliphatic rings. The Morgan fingerprint density at radius 3 is 2.75 bits per heavy atom. The Hall–Kier alpha value is -2.22. The fourth-order valence-electron chi connectivity index (χ4n) is 4.88. The van der Waals surface area contributed by atoms with Gasteiger partial charge >= 0.3 is 0 Å². The number of hydrogen-bond donors (Lipinski definition) is 2. The average molecular weight is 454 g/mol.